The summed E-state index contributed by atoms with van der Waals surface area (Å²) in [5.41, 5.74) is 4.61. The van der Waals surface area contributed by atoms with Gasteiger partial charge < -0.3 is 4.74 Å². The zero-order chi connectivity index (χ0) is 34.2. The van der Waals surface area contributed by atoms with Gasteiger partial charge in [0, 0.05) is 6.92 Å². The molecule has 3 N–H and O–H groups in total. The van der Waals surface area contributed by atoms with Crippen molar-refractivity contribution in [1.29, 1.82) is 0 Å². The first kappa shape index (κ1) is 40.1. The first-order chi connectivity index (χ1) is 20.7. The molecule has 0 spiro atoms. The minimum Gasteiger partial charge on any atom is -0.462 e. The summed E-state index contributed by atoms with van der Waals surface area (Å²) in [6.45, 7) is 38.7. The van der Waals surface area contributed by atoms with Gasteiger partial charge in [-0.1, -0.05) is 93.5 Å². The second-order valence-electron chi connectivity index (χ2n) is 14.5. The van der Waals surface area contributed by atoms with E-state index in [0.717, 1.165) is 43.3 Å². The Morgan fingerprint density at radius 1 is 0.932 bits per heavy atom. The molecule has 5 heteroatoms. The van der Waals surface area contributed by atoms with Crippen LogP contribution in [0.4, 0.5) is 0 Å². The van der Waals surface area contributed by atoms with Gasteiger partial charge in [-0.15, -0.1) is 13.2 Å². The smallest absolute Gasteiger partial charge is 0.302 e. The van der Waals surface area contributed by atoms with E-state index in [1.165, 1.54) is 19.3 Å². The fourth-order valence-corrected chi connectivity index (χ4v) is 10.2. The fraction of sp³-hybridized carbons (Fsp3) is 0.795. The number of carbonyl (C=O) groups excluding carboxylic acids is 2. The molecule has 4 rings (SSSR count). The van der Waals surface area contributed by atoms with Gasteiger partial charge in [0.05, 0.1) is 5.41 Å². The van der Waals surface area contributed by atoms with Crippen LogP contribution in [-0.4, -0.2) is 18.0 Å². The average Bonchev–Trinajstić information content (AvgIpc) is 3.01. The molecule has 0 aromatic rings. The van der Waals surface area contributed by atoms with E-state index in [1.54, 1.807) is 6.92 Å². The summed E-state index contributed by atoms with van der Waals surface area (Å²) >= 11 is 0. The number of nitrogens with two attached hydrogens (primary N) is 1. The topological polar surface area (TPSA) is 81.4 Å². The number of carbonyl (C=O) groups is 2. The number of amides is 1. The third-order valence-electron chi connectivity index (χ3n) is 12.7. The van der Waals surface area contributed by atoms with Gasteiger partial charge >= 0.3 is 5.97 Å². The molecule has 0 radical (unpaired) electrons. The third-order valence-corrected chi connectivity index (χ3v) is 12.7. The summed E-state index contributed by atoms with van der Waals surface area (Å²) in [6, 6.07) is 0. The number of hydrogen-bond donors (Lipinski definition) is 2. The average molecular weight is 615 g/mol. The molecule has 4 aliphatic carbocycles. The molecule has 4 fully saturated rings. The predicted octanol–water partition coefficient (Wildman–Crippen LogP) is 9.83. The molecule has 4 saturated carbocycles. The number of hydrogen-bond acceptors (Lipinski definition) is 4. The maximum atomic E-state index is 13.5. The molecule has 0 heterocycles. The van der Waals surface area contributed by atoms with Crippen LogP contribution >= 0.6 is 0 Å². The number of esters is 1. The summed E-state index contributed by atoms with van der Waals surface area (Å²) in [7, 11) is 0. The minimum absolute atomic E-state index is 0.0532. The number of nitrogens with one attached hydrogen (secondary N) is 1. The molecule has 0 saturated heterocycles. The first-order valence-electron chi connectivity index (χ1n) is 17.8. The van der Waals surface area contributed by atoms with Gasteiger partial charge in [-0.05, 0) is 110 Å². The molecule has 0 aliphatic heterocycles. The predicted molar refractivity (Wildman–Crippen MR) is 187 cm³/mol. The first-order valence-corrected chi connectivity index (χ1v) is 17.8. The van der Waals surface area contributed by atoms with E-state index in [0.29, 0.717) is 47.8 Å². The molecule has 254 valence electrons. The summed E-state index contributed by atoms with van der Waals surface area (Å²) < 4.78 is 5.77. The number of ether oxygens (including phenoxy) is 1. The Labute approximate surface area is 272 Å². The van der Waals surface area contributed by atoms with E-state index in [9.17, 15) is 9.59 Å². The lowest BCUT2D eigenvalue weighted by Gasteiger charge is -2.67. The number of allylic oxidation sites excluding steroid dienone is 1. The largest absolute Gasteiger partial charge is 0.462 e. The van der Waals surface area contributed by atoms with Gasteiger partial charge in [-0.3, -0.25) is 15.0 Å². The molecular formula is C39H70N2O3. The fourth-order valence-electron chi connectivity index (χ4n) is 10.2. The maximum Gasteiger partial charge on any atom is 0.302 e. The third kappa shape index (κ3) is 7.24. The van der Waals surface area contributed by atoms with E-state index in [1.807, 2.05) is 27.7 Å². The van der Waals surface area contributed by atoms with Crippen LogP contribution in [0.15, 0.2) is 37.5 Å². The molecule has 10 unspecified atom stereocenters. The quantitative estimate of drug-likeness (QED) is 0.103. The Morgan fingerprint density at radius 2 is 1.45 bits per heavy atom. The summed E-state index contributed by atoms with van der Waals surface area (Å²) in [4.78, 5) is 25.2. The Hall–Kier alpha value is -1.88. The van der Waals surface area contributed by atoms with Gasteiger partial charge in [0.25, 0.3) is 0 Å². The second kappa shape index (κ2) is 16.6. The Morgan fingerprint density at radius 3 is 1.98 bits per heavy atom. The minimum atomic E-state index is -0.656. The Kier molecular flexibility index (Phi) is 15.2. The zero-order valence-electron chi connectivity index (χ0n) is 30.6. The van der Waals surface area contributed by atoms with Gasteiger partial charge in [-0.25, -0.2) is 5.84 Å². The van der Waals surface area contributed by atoms with Gasteiger partial charge in [0.1, 0.15) is 6.10 Å². The van der Waals surface area contributed by atoms with Crippen molar-refractivity contribution in [2.24, 2.45) is 63.5 Å². The van der Waals surface area contributed by atoms with Crippen LogP contribution in [-0.2, 0) is 14.3 Å². The molecule has 0 aromatic heterocycles. The SMILES string of the molecule is C=C.C=C(CC1(C(=O)NN)CCC2C(CCC3C2(C)CCC2C(C)C(OC(C)=O)CCC23C)C1=C)C(C)C(C)C.CC.CC. The highest BCUT2D eigenvalue weighted by molar-refractivity contribution is 5.86. The zero-order valence-corrected chi connectivity index (χ0v) is 30.6. The van der Waals surface area contributed by atoms with Crippen LogP contribution in [0.1, 0.15) is 134 Å². The van der Waals surface area contributed by atoms with Crippen molar-refractivity contribution in [3.63, 3.8) is 0 Å². The number of rotatable bonds is 6. The monoisotopic (exact) mass is 615 g/mol. The molecule has 10 atom stereocenters. The molecule has 1 amide bonds. The van der Waals surface area contributed by atoms with E-state index >= 15 is 0 Å². The Balaban J connectivity index is 0.00000152. The number of hydrazine groups is 1. The molecule has 5 nitrogen and oxygen atoms in total. The van der Waals surface area contributed by atoms with E-state index in [4.69, 9.17) is 10.6 Å². The summed E-state index contributed by atoms with van der Waals surface area (Å²) in [5.74, 6) is 8.92. The lowest BCUT2D eigenvalue weighted by atomic mass is 9.38. The van der Waals surface area contributed by atoms with Crippen molar-refractivity contribution in [3.05, 3.63) is 37.5 Å². The summed E-state index contributed by atoms with van der Waals surface area (Å²) in [6.07, 6.45) is 9.31. The lowest BCUT2D eigenvalue weighted by molar-refractivity contribution is -0.189. The van der Waals surface area contributed by atoms with Crippen molar-refractivity contribution in [2.45, 2.75) is 140 Å². The molecule has 44 heavy (non-hydrogen) atoms. The van der Waals surface area contributed by atoms with Crippen LogP contribution in [0.25, 0.3) is 0 Å². The maximum absolute atomic E-state index is 13.5. The normalized spacial score (nSPS) is 37.8. The molecule has 0 aromatic carbocycles. The lowest BCUT2D eigenvalue weighted by Crippen LogP contribution is -2.61. The van der Waals surface area contributed by atoms with E-state index < -0.39 is 5.41 Å². The van der Waals surface area contributed by atoms with Gasteiger partial charge in [-0.2, -0.15) is 0 Å². The van der Waals surface area contributed by atoms with Gasteiger partial charge in [0.15, 0.2) is 0 Å². The second-order valence-corrected chi connectivity index (χ2v) is 14.5. The highest BCUT2D eigenvalue weighted by atomic mass is 16.5. The van der Waals surface area contributed by atoms with E-state index in [-0.39, 0.29) is 28.8 Å². The summed E-state index contributed by atoms with van der Waals surface area (Å²) in [5, 5.41) is 0. The Bertz CT molecular complexity index is 990. The highest BCUT2D eigenvalue weighted by Gasteiger charge is 2.64. The van der Waals surface area contributed by atoms with Crippen LogP contribution < -0.4 is 11.3 Å². The van der Waals surface area contributed by atoms with Crippen molar-refractivity contribution >= 4 is 11.9 Å². The van der Waals surface area contributed by atoms with Crippen molar-refractivity contribution in [2.75, 3.05) is 0 Å². The molecule has 4 aliphatic rings. The molecule has 0 bridgehead atoms. The van der Waals surface area contributed by atoms with Gasteiger partial charge in [0.2, 0.25) is 5.91 Å². The van der Waals surface area contributed by atoms with Crippen molar-refractivity contribution in [1.82, 2.24) is 5.43 Å². The van der Waals surface area contributed by atoms with Crippen molar-refractivity contribution in [3.8, 4) is 0 Å². The van der Waals surface area contributed by atoms with E-state index in [2.05, 4.69) is 73.3 Å². The van der Waals surface area contributed by atoms with Crippen molar-refractivity contribution < 1.29 is 14.3 Å². The van der Waals surface area contributed by atoms with Crippen LogP contribution in [0.5, 0.6) is 0 Å². The number of fused-ring (bicyclic) bond motifs is 5. The highest BCUT2D eigenvalue weighted by Crippen LogP contribution is 2.70. The van der Waals surface area contributed by atoms with Crippen LogP contribution in [0.2, 0.25) is 0 Å². The molecular weight excluding hydrogens is 544 g/mol. The standard InChI is InChI=1S/C33H54N2O3.2C2H6.C2H4/c1-19(2)21(4)20(3)18-33(30(37)35-34)17-13-27-25(23(33)6)10-11-29-31(8)16-14-28(38-24(7)36)22(5)26(31)12-15-32(27,29)9;3*1-2/h19,21-22,25-29H,3,6,10-18,34H2,1-2,4-5,7-9H3,(H,35,37);2*1-2H3;1-2H2. The van der Waals surface area contributed by atoms with Crippen LogP contribution in [0, 0.1) is 57.7 Å². The van der Waals surface area contributed by atoms with Crippen LogP contribution in [0.3, 0.4) is 0 Å².